The third kappa shape index (κ3) is 3.58. The fraction of sp³-hybridized carbons (Fsp3) is 0.333. The van der Waals surface area contributed by atoms with Gasteiger partial charge in [0.15, 0.2) is 0 Å². The van der Waals surface area contributed by atoms with Gasteiger partial charge in [-0.3, -0.25) is 0 Å². The summed E-state index contributed by atoms with van der Waals surface area (Å²) >= 11 is 5.98. The molecule has 5 rings (SSSR count). The number of fused-ring (bicyclic) bond motifs is 2. The Balaban J connectivity index is 1.40. The van der Waals surface area contributed by atoms with Crippen LogP contribution in [0.15, 0.2) is 42.6 Å². The summed E-state index contributed by atoms with van der Waals surface area (Å²) in [6.07, 6.45) is 1.33. The number of nitrogens with zero attached hydrogens (tertiary/aromatic N) is 3. The molecule has 9 heteroatoms. The van der Waals surface area contributed by atoms with E-state index in [2.05, 4.69) is 10.1 Å². The van der Waals surface area contributed by atoms with Gasteiger partial charge in [-0.1, -0.05) is 18.5 Å². The van der Waals surface area contributed by atoms with Crippen molar-refractivity contribution in [1.82, 2.24) is 14.6 Å². The number of hydrogen-bond acceptors (Lipinski definition) is 6. The summed E-state index contributed by atoms with van der Waals surface area (Å²) in [5.41, 5.74) is 14.6. The Labute approximate surface area is 194 Å². The van der Waals surface area contributed by atoms with Crippen LogP contribution in [0, 0.1) is 11.2 Å². The average Bonchev–Trinajstić information content (AvgIpc) is 3.30. The second-order valence-corrected chi connectivity index (χ2v) is 9.65. The summed E-state index contributed by atoms with van der Waals surface area (Å²) in [5.74, 6) is -0.576. The number of nitrogen functional groups attached to an aromatic ring is 2. The van der Waals surface area contributed by atoms with Gasteiger partial charge in [0.25, 0.3) is 0 Å². The number of rotatable bonds is 4. The molecule has 4 atom stereocenters. The zero-order valence-corrected chi connectivity index (χ0v) is 18.8. The molecule has 33 heavy (non-hydrogen) atoms. The van der Waals surface area contributed by atoms with Crippen molar-refractivity contribution in [3.63, 3.8) is 0 Å². The molecule has 0 amide bonds. The number of benzene rings is 1. The highest BCUT2D eigenvalue weighted by Crippen LogP contribution is 2.49. The summed E-state index contributed by atoms with van der Waals surface area (Å²) in [5, 5.41) is 26.8. The van der Waals surface area contributed by atoms with Gasteiger partial charge in [-0.05, 0) is 66.6 Å². The number of nitrogens with two attached hydrogens (primary N) is 2. The van der Waals surface area contributed by atoms with Crippen molar-refractivity contribution < 1.29 is 14.6 Å². The smallest absolute Gasteiger partial charge is 0.142 e. The zero-order valence-electron chi connectivity index (χ0n) is 18.0. The van der Waals surface area contributed by atoms with Crippen LogP contribution in [0.5, 0.6) is 0 Å². The number of aliphatic hydroxyl groups is 2. The predicted octanol–water partition coefficient (Wildman–Crippen LogP) is 3.69. The monoisotopic (exact) mass is 469 g/mol. The molecule has 1 saturated carbocycles. The Morgan fingerprint density at radius 3 is 2.79 bits per heavy atom. The van der Waals surface area contributed by atoms with Crippen molar-refractivity contribution in [1.29, 1.82) is 0 Å². The Bertz CT molecular complexity index is 1380. The molecular formula is C24H25ClFN5O2. The molecule has 1 aromatic carbocycles. The summed E-state index contributed by atoms with van der Waals surface area (Å²) in [7, 11) is 0. The minimum atomic E-state index is -0.951. The normalized spacial score (nSPS) is 25.3. The second-order valence-electron chi connectivity index (χ2n) is 9.24. The molecule has 0 spiro atoms. The van der Waals surface area contributed by atoms with Crippen LogP contribution in [0.25, 0.3) is 16.4 Å². The van der Waals surface area contributed by atoms with E-state index in [9.17, 15) is 14.6 Å². The van der Waals surface area contributed by atoms with Crippen LogP contribution in [0.2, 0.25) is 5.02 Å². The van der Waals surface area contributed by atoms with E-state index >= 15 is 0 Å². The Hall–Kier alpha value is -2.94. The van der Waals surface area contributed by atoms with Crippen LogP contribution < -0.4 is 11.5 Å². The van der Waals surface area contributed by atoms with E-state index in [-0.39, 0.29) is 16.8 Å². The maximum absolute atomic E-state index is 14.7. The lowest BCUT2D eigenvalue weighted by Crippen LogP contribution is -2.34. The van der Waals surface area contributed by atoms with E-state index in [1.54, 1.807) is 22.8 Å². The molecule has 0 saturated heterocycles. The topological polar surface area (TPSA) is 123 Å². The van der Waals surface area contributed by atoms with Gasteiger partial charge in [-0.15, -0.1) is 0 Å². The number of aliphatic hydroxyl groups excluding tert-OH is 2. The number of halogens is 2. The SMILES string of the molecule is C[C@]1(CCc2cc(F)c3cc(Cl)c(N)nc3c2)C[C@@H](c2ccc3c(N)ccnn23)[C@H](O)[C@@H]1O. The Kier molecular flexibility index (Phi) is 5.19. The third-order valence-corrected chi connectivity index (χ3v) is 7.34. The maximum atomic E-state index is 14.7. The van der Waals surface area contributed by atoms with Crippen LogP contribution in [0.3, 0.4) is 0 Å². The van der Waals surface area contributed by atoms with Crippen molar-refractivity contribution in [3.05, 3.63) is 64.7 Å². The summed E-state index contributed by atoms with van der Waals surface area (Å²) in [4.78, 5) is 4.20. The molecule has 6 N–H and O–H groups in total. The average molecular weight is 470 g/mol. The number of pyridine rings is 1. The number of aryl methyl sites for hydroxylation is 1. The largest absolute Gasteiger partial charge is 0.397 e. The zero-order chi connectivity index (χ0) is 23.5. The third-order valence-electron chi connectivity index (χ3n) is 7.04. The molecule has 172 valence electrons. The van der Waals surface area contributed by atoms with Gasteiger partial charge in [-0.25, -0.2) is 13.9 Å². The van der Waals surface area contributed by atoms with E-state index in [4.69, 9.17) is 23.1 Å². The molecule has 3 aromatic heterocycles. The van der Waals surface area contributed by atoms with E-state index < -0.39 is 23.4 Å². The van der Waals surface area contributed by atoms with Gasteiger partial charge in [0.05, 0.1) is 34.0 Å². The van der Waals surface area contributed by atoms with Crippen LogP contribution in [0.4, 0.5) is 15.9 Å². The Morgan fingerprint density at radius 2 is 2.00 bits per heavy atom. The van der Waals surface area contributed by atoms with Gasteiger partial charge in [-0.2, -0.15) is 5.10 Å². The number of hydrogen-bond donors (Lipinski definition) is 4. The molecule has 1 fully saturated rings. The highest BCUT2D eigenvalue weighted by molar-refractivity contribution is 6.33. The molecule has 0 bridgehead atoms. The van der Waals surface area contributed by atoms with E-state index in [0.29, 0.717) is 35.9 Å². The molecule has 0 aliphatic heterocycles. The quantitative estimate of drug-likeness (QED) is 0.361. The fourth-order valence-electron chi connectivity index (χ4n) is 5.10. The lowest BCUT2D eigenvalue weighted by molar-refractivity contribution is -0.0204. The first-order chi connectivity index (χ1) is 15.7. The van der Waals surface area contributed by atoms with E-state index in [0.717, 1.165) is 16.8 Å². The summed E-state index contributed by atoms with van der Waals surface area (Å²) in [6.45, 7) is 1.95. The second kappa shape index (κ2) is 7.83. The van der Waals surface area contributed by atoms with Gasteiger partial charge < -0.3 is 21.7 Å². The fourth-order valence-corrected chi connectivity index (χ4v) is 5.25. The molecular weight excluding hydrogens is 445 g/mol. The van der Waals surface area contributed by atoms with Crippen LogP contribution in [-0.2, 0) is 6.42 Å². The van der Waals surface area contributed by atoms with Crippen molar-refractivity contribution in [2.24, 2.45) is 5.41 Å². The van der Waals surface area contributed by atoms with Gasteiger partial charge in [0.1, 0.15) is 11.6 Å². The van der Waals surface area contributed by atoms with Crippen LogP contribution in [-0.4, -0.2) is 37.0 Å². The molecule has 0 unspecified atom stereocenters. The van der Waals surface area contributed by atoms with Gasteiger partial charge >= 0.3 is 0 Å². The Morgan fingerprint density at radius 1 is 1.21 bits per heavy atom. The molecule has 1 aliphatic carbocycles. The van der Waals surface area contributed by atoms with Crippen molar-refractivity contribution in [3.8, 4) is 0 Å². The highest BCUT2D eigenvalue weighted by atomic mass is 35.5. The first kappa shape index (κ1) is 21.9. The molecule has 0 radical (unpaired) electrons. The highest BCUT2D eigenvalue weighted by Gasteiger charge is 2.50. The predicted molar refractivity (Wildman–Crippen MR) is 127 cm³/mol. The lowest BCUT2D eigenvalue weighted by Gasteiger charge is -2.28. The van der Waals surface area contributed by atoms with E-state index in [1.807, 2.05) is 19.1 Å². The lowest BCUT2D eigenvalue weighted by atomic mass is 9.80. The minimum Gasteiger partial charge on any atom is -0.397 e. The van der Waals surface area contributed by atoms with E-state index in [1.165, 1.54) is 12.1 Å². The maximum Gasteiger partial charge on any atom is 0.142 e. The standard InChI is InChI=1S/C24H25ClFN5O2/c1-24(6-4-12-8-16(26)13-10-15(25)23(28)30-18(13)9-12)11-14(21(32)22(24)33)19-2-3-20-17(27)5-7-29-31(19)20/h2-3,5,7-10,14,21-22,32-33H,4,6,11,27H2,1H3,(H2,28,30)/t14-,21-,22-,24-/m0/s1. The van der Waals surface area contributed by atoms with Gasteiger partial charge in [0, 0.05) is 23.2 Å². The van der Waals surface area contributed by atoms with Crippen LogP contribution in [0.1, 0.15) is 36.9 Å². The summed E-state index contributed by atoms with van der Waals surface area (Å²) in [6, 6.07) is 10.2. The van der Waals surface area contributed by atoms with Crippen molar-refractivity contribution >= 4 is 39.5 Å². The first-order valence-electron chi connectivity index (χ1n) is 10.8. The van der Waals surface area contributed by atoms with Gasteiger partial charge in [0.2, 0.25) is 0 Å². The van der Waals surface area contributed by atoms with Crippen LogP contribution >= 0.6 is 11.6 Å². The number of anilines is 2. The first-order valence-corrected chi connectivity index (χ1v) is 11.2. The minimum absolute atomic E-state index is 0.151. The van der Waals surface area contributed by atoms with Crippen molar-refractivity contribution in [2.45, 2.75) is 44.3 Å². The molecule has 4 aromatic rings. The molecule has 1 aliphatic rings. The summed E-state index contributed by atoms with van der Waals surface area (Å²) < 4.78 is 16.4. The number of aromatic nitrogens is 3. The van der Waals surface area contributed by atoms with Crippen molar-refractivity contribution in [2.75, 3.05) is 11.5 Å². The molecule has 3 heterocycles. The molecule has 7 nitrogen and oxygen atoms in total.